The minimum Gasteiger partial charge on any atom is -0.381 e. The molecule has 2 aliphatic rings. The predicted octanol–water partition coefficient (Wildman–Crippen LogP) is 0.640. The first-order chi connectivity index (χ1) is 9.11. The Labute approximate surface area is 115 Å². The van der Waals surface area contributed by atoms with Crippen LogP contribution in [0.2, 0.25) is 0 Å². The molecule has 5 heteroatoms. The van der Waals surface area contributed by atoms with Gasteiger partial charge in [-0.2, -0.15) is 0 Å². The van der Waals surface area contributed by atoms with E-state index in [9.17, 15) is 4.79 Å². The van der Waals surface area contributed by atoms with Crippen LogP contribution in [-0.4, -0.2) is 62.9 Å². The third kappa shape index (κ3) is 4.16. The lowest BCUT2D eigenvalue weighted by Crippen LogP contribution is -2.51. The second-order valence-corrected chi connectivity index (χ2v) is 5.96. The van der Waals surface area contributed by atoms with Gasteiger partial charge in [0.1, 0.15) is 0 Å². The summed E-state index contributed by atoms with van der Waals surface area (Å²) in [5.41, 5.74) is 0.262. The number of carbonyl (C=O) groups excluding carboxylic acids is 1. The summed E-state index contributed by atoms with van der Waals surface area (Å²) in [5.74, 6) is 0.193. The molecule has 2 aliphatic heterocycles. The van der Waals surface area contributed by atoms with Gasteiger partial charge in [-0.25, -0.2) is 0 Å². The number of nitrogens with one attached hydrogen (secondary N) is 1. The molecule has 0 radical (unpaired) electrons. The van der Waals surface area contributed by atoms with Gasteiger partial charge in [-0.1, -0.05) is 6.92 Å². The van der Waals surface area contributed by atoms with E-state index >= 15 is 0 Å². The number of hydrogen-bond donors (Lipinski definition) is 1. The summed E-state index contributed by atoms with van der Waals surface area (Å²) in [6, 6.07) is -0.113. The Kier molecular flexibility index (Phi) is 5.19. The van der Waals surface area contributed by atoms with Crippen molar-refractivity contribution in [2.45, 2.75) is 32.7 Å². The van der Waals surface area contributed by atoms with Crippen molar-refractivity contribution in [3.05, 3.63) is 0 Å². The molecule has 1 amide bonds. The van der Waals surface area contributed by atoms with Crippen LogP contribution in [0.5, 0.6) is 0 Å². The standard InChI is InChI=1S/C14H26N2O3/c1-12(13(17)16-5-9-19-10-6-16)15-11-14(2)3-7-18-8-4-14/h12,15H,3-11H2,1-2H3. The fourth-order valence-corrected chi connectivity index (χ4v) is 2.59. The number of ether oxygens (including phenoxy) is 2. The summed E-state index contributed by atoms with van der Waals surface area (Å²) in [7, 11) is 0. The fraction of sp³-hybridized carbons (Fsp3) is 0.929. The van der Waals surface area contributed by atoms with Crippen molar-refractivity contribution in [2.75, 3.05) is 46.1 Å². The fourth-order valence-electron chi connectivity index (χ4n) is 2.59. The van der Waals surface area contributed by atoms with Crippen LogP contribution in [0.25, 0.3) is 0 Å². The molecule has 19 heavy (non-hydrogen) atoms. The Balaban J connectivity index is 1.76. The van der Waals surface area contributed by atoms with Crippen molar-refractivity contribution in [3.8, 4) is 0 Å². The first-order valence-electron chi connectivity index (χ1n) is 7.28. The summed E-state index contributed by atoms with van der Waals surface area (Å²) in [6.07, 6.45) is 2.14. The molecule has 0 aromatic rings. The van der Waals surface area contributed by atoms with Crippen LogP contribution in [-0.2, 0) is 14.3 Å². The molecule has 2 heterocycles. The minimum atomic E-state index is -0.113. The van der Waals surface area contributed by atoms with Gasteiger partial charge in [0.2, 0.25) is 5.91 Å². The van der Waals surface area contributed by atoms with Gasteiger partial charge >= 0.3 is 0 Å². The van der Waals surface area contributed by atoms with Crippen LogP contribution in [0, 0.1) is 5.41 Å². The van der Waals surface area contributed by atoms with E-state index in [-0.39, 0.29) is 17.4 Å². The van der Waals surface area contributed by atoms with Gasteiger partial charge in [-0.15, -0.1) is 0 Å². The van der Waals surface area contributed by atoms with E-state index in [1.54, 1.807) is 0 Å². The smallest absolute Gasteiger partial charge is 0.239 e. The van der Waals surface area contributed by atoms with E-state index in [4.69, 9.17) is 9.47 Å². The maximum atomic E-state index is 12.3. The monoisotopic (exact) mass is 270 g/mol. The maximum Gasteiger partial charge on any atom is 0.239 e. The average Bonchev–Trinajstić information content (AvgIpc) is 2.46. The number of nitrogens with zero attached hydrogens (tertiary/aromatic N) is 1. The van der Waals surface area contributed by atoms with Gasteiger partial charge in [0, 0.05) is 32.8 Å². The average molecular weight is 270 g/mol. The maximum absolute atomic E-state index is 12.3. The molecular weight excluding hydrogens is 244 g/mol. The van der Waals surface area contributed by atoms with Gasteiger partial charge in [-0.3, -0.25) is 4.79 Å². The van der Waals surface area contributed by atoms with Crippen molar-refractivity contribution in [2.24, 2.45) is 5.41 Å². The van der Waals surface area contributed by atoms with Gasteiger partial charge in [0.25, 0.3) is 0 Å². The molecular formula is C14H26N2O3. The van der Waals surface area contributed by atoms with Crippen LogP contribution in [0.15, 0.2) is 0 Å². The third-order valence-electron chi connectivity index (χ3n) is 4.23. The van der Waals surface area contributed by atoms with Crippen LogP contribution < -0.4 is 5.32 Å². The topological polar surface area (TPSA) is 50.8 Å². The summed E-state index contributed by atoms with van der Waals surface area (Å²) in [5, 5.41) is 3.40. The molecule has 2 rings (SSSR count). The highest BCUT2D eigenvalue weighted by atomic mass is 16.5. The molecule has 0 saturated carbocycles. The van der Waals surface area contributed by atoms with E-state index in [1.165, 1.54) is 0 Å². The van der Waals surface area contributed by atoms with E-state index < -0.39 is 0 Å². The Morgan fingerprint density at radius 1 is 1.21 bits per heavy atom. The lowest BCUT2D eigenvalue weighted by atomic mass is 9.82. The lowest BCUT2D eigenvalue weighted by molar-refractivity contribution is -0.137. The van der Waals surface area contributed by atoms with Gasteiger partial charge in [0.05, 0.1) is 19.3 Å². The van der Waals surface area contributed by atoms with E-state index in [1.807, 2.05) is 11.8 Å². The Morgan fingerprint density at radius 3 is 2.42 bits per heavy atom. The van der Waals surface area contributed by atoms with Crippen LogP contribution in [0.4, 0.5) is 0 Å². The number of hydrogen-bond acceptors (Lipinski definition) is 4. The zero-order chi connectivity index (χ0) is 13.7. The van der Waals surface area contributed by atoms with E-state index in [0.717, 1.165) is 45.7 Å². The lowest BCUT2D eigenvalue weighted by Gasteiger charge is -2.35. The van der Waals surface area contributed by atoms with Crippen molar-refractivity contribution in [3.63, 3.8) is 0 Å². The minimum absolute atomic E-state index is 0.113. The largest absolute Gasteiger partial charge is 0.381 e. The molecule has 1 unspecified atom stereocenters. The summed E-state index contributed by atoms with van der Waals surface area (Å²) in [4.78, 5) is 14.2. The molecule has 1 atom stereocenters. The molecule has 2 saturated heterocycles. The molecule has 2 fully saturated rings. The van der Waals surface area contributed by atoms with Crippen LogP contribution in [0.3, 0.4) is 0 Å². The molecule has 0 aromatic carbocycles. The van der Waals surface area contributed by atoms with Gasteiger partial charge < -0.3 is 19.7 Å². The molecule has 110 valence electrons. The van der Waals surface area contributed by atoms with Crippen molar-refractivity contribution < 1.29 is 14.3 Å². The number of amides is 1. The Hall–Kier alpha value is -0.650. The number of carbonyl (C=O) groups is 1. The molecule has 0 aliphatic carbocycles. The molecule has 0 spiro atoms. The van der Waals surface area contributed by atoms with Crippen molar-refractivity contribution in [1.29, 1.82) is 0 Å². The summed E-state index contributed by atoms with van der Waals surface area (Å²) >= 11 is 0. The third-order valence-corrected chi connectivity index (χ3v) is 4.23. The van der Waals surface area contributed by atoms with Gasteiger partial charge in [-0.05, 0) is 25.2 Å². The van der Waals surface area contributed by atoms with Crippen LogP contribution >= 0.6 is 0 Å². The highest BCUT2D eigenvalue weighted by molar-refractivity contribution is 5.81. The molecule has 0 bridgehead atoms. The second-order valence-electron chi connectivity index (χ2n) is 5.96. The van der Waals surface area contributed by atoms with E-state index in [0.29, 0.717) is 13.2 Å². The highest BCUT2D eigenvalue weighted by Gasteiger charge is 2.29. The molecule has 1 N–H and O–H groups in total. The zero-order valence-electron chi connectivity index (χ0n) is 12.1. The SMILES string of the molecule is CC(NCC1(C)CCOCC1)C(=O)N1CCOCC1. The Morgan fingerprint density at radius 2 is 1.79 bits per heavy atom. The molecule has 0 aromatic heterocycles. The summed E-state index contributed by atoms with van der Waals surface area (Å²) in [6.45, 7) is 9.55. The highest BCUT2D eigenvalue weighted by Crippen LogP contribution is 2.28. The zero-order valence-corrected chi connectivity index (χ0v) is 12.1. The quantitative estimate of drug-likeness (QED) is 0.814. The van der Waals surface area contributed by atoms with E-state index in [2.05, 4.69) is 12.2 Å². The summed E-state index contributed by atoms with van der Waals surface area (Å²) < 4.78 is 10.7. The van der Waals surface area contributed by atoms with Crippen molar-refractivity contribution >= 4 is 5.91 Å². The normalized spacial score (nSPS) is 25.1. The predicted molar refractivity (Wildman–Crippen MR) is 73.0 cm³/mol. The number of rotatable bonds is 4. The first kappa shape index (κ1) is 14.8. The molecule has 5 nitrogen and oxygen atoms in total. The van der Waals surface area contributed by atoms with Crippen molar-refractivity contribution in [1.82, 2.24) is 10.2 Å². The van der Waals surface area contributed by atoms with Crippen LogP contribution in [0.1, 0.15) is 26.7 Å². The van der Waals surface area contributed by atoms with Gasteiger partial charge in [0.15, 0.2) is 0 Å². The second kappa shape index (κ2) is 6.68. The number of morpholine rings is 1. The first-order valence-corrected chi connectivity index (χ1v) is 7.28. The Bertz CT molecular complexity index is 297.